The molecule has 0 aromatic heterocycles. The van der Waals surface area contributed by atoms with E-state index in [1.54, 1.807) is 12.1 Å². The lowest BCUT2D eigenvalue weighted by Gasteiger charge is -2.33. The summed E-state index contributed by atoms with van der Waals surface area (Å²) in [5.41, 5.74) is 0.597. The van der Waals surface area contributed by atoms with Crippen LogP contribution in [-0.4, -0.2) is 55.9 Å². The molecule has 1 aliphatic rings. The van der Waals surface area contributed by atoms with Gasteiger partial charge in [0.1, 0.15) is 6.04 Å². The molecule has 1 atom stereocenters. The Balaban J connectivity index is 2.39. The molecule has 1 unspecified atom stereocenters. The molecule has 0 bridgehead atoms. The van der Waals surface area contributed by atoms with E-state index < -0.39 is 12.0 Å². The van der Waals surface area contributed by atoms with Gasteiger partial charge in [0.05, 0.1) is 18.7 Å². The molecule has 1 aliphatic heterocycles. The highest BCUT2D eigenvalue weighted by Gasteiger charge is 2.30. The van der Waals surface area contributed by atoms with E-state index in [1.807, 2.05) is 11.8 Å². The number of carboxylic acids is 1. The van der Waals surface area contributed by atoms with Crippen molar-refractivity contribution in [2.75, 3.05) is 39.9 Å². The third kappa shape index (κ3) is 3.63. The highest BCUT2D eigenvalue weighted by atomic mass is 35.5. The first-order chi connectivity index (χ1) is 10.6. The summed E-state index contributed by atoms with van der Waals surface area (Å²) < 4.78 is 10.8. The molecule has 122 valence electrons. The fourth-order valence-electron chi connectivity index (χ4n) is 2.63. The van der Waals surface area contributed by atoms with Gasteiger partial charge in [-0.1, -0.05) is 11.6 Å². The molecule has 2 rings (SSSR count). The third-order valence-corrected chi connectivity index (χ3v) is 3.89. The van der Waals surface area contributed by atoms with Gasteiger partial charge >= 0.3 is 5.97 Å². The summed E-state index contributed by atoms with van der Waals surface area (Å²) in [6.07, 6.45) is 0. The van der Waals surface area contributed by atoms with E-state index in [0.29, 0.717) is 41.8 Å². The SMILES string of the molecule is CCOc1c(Cl)cc(C(C(=O)O)N2CCNCC2)cc1OC. The van der Waals surface area contributed by atoms with Crippen LogP contribution in [0.5, 0.6) is 11.5 Å². The predicted octanol–water partition coefficient (Wildman–Crippen LogP) is 1.78. The van der Waals surface area contributed by atoms with Crippen LogP contribution in [0.15, 0.2) is 12.1 Å². The average Bonchev–Trinajstić information content (AvgIpc) is 2.50. The number of halogens is 1. The summed E-state index contributed by atoms with van der Waals surface area (Å²) in [6.45, 7) is 5.19. The molecule has 1 fully saturated rings. The second-order valence-corrected chi connectivity index (χ2v) is 5.40. The van der Waals surface area contributed by atoms with Gasteiger partial charge in [-0.3, -0.25) is 9.69 Å². The Labute approximate surface area is 135 Å². The van der Waals surface area contributed by atoms with E-state index >= 15 is 0 Å². The maximum Gasteiger partial charge on any atom is 0.325 e. The molecule has 0 amide bonds. The number of rotatable bonds is 6. The Bertz CT molecular complexity index is 533. The number of nitrogens with zero attached hydrogens (tertiary/aromatic N) is 1. The van der Waals surface area contributed by atoms with E-state index in [-0.39, 0.29) is 0 Å². The smallest absolute Gasteiger partial charge is 0.325 e. The zero-order chi connectivity index (χ0) is 16.1. The predicted molar refractivity (Wildman–Crippen MR) is 84.0 cm³/mol. The number of nitrogens with one attached hydrogen (secondary N) is 1. The van der Waals surface area contributed by atoms with Crippen molar-refractivity contribution in [3.05, 3.63) is 22.7 Å². The van der Waals surface area contributed by atoms with Crippen LogP contribution in [0, 0.1) is 0 Å². The van der Waals surface area contributed by atoms with E-state index in [9.17, 15) is 9.90 Å². The van der Waals surface area contributed by atoms with Gasteiger partial charge in [0.2, 0.25) is 0 Å². The number of piperazine rings is 1. The van der Waals surface area contributed by atoms with Crippen molar-refractivity contribution in [2.45, 2.75) is 13.0 Å². The lowest BCUT2D eigenvalue weighted by Crippen LogP contribution is -2.47. The summed E-state index contributed by atoms with van der Waals surface area (Å²) in [7, 11) is 1.51. The van der Waals surface area contributed by atoms with Crippen LogP contribution in [0.25, 0.3) is 0 Å². The van der Waals surface area contributed by atoms with Gasteiger partial charge in [0, 0.05) is 26.2 Å². The van der Waals surface area contributed by atoms with Gasteiger partial charge in [-0.2, -0.15) is 0 Å². The van der Waals surface area contributed by atoms with Gasteiger partial charge in [-0.15, -0.1) is 0 Å². The van der Waals surface area contributed by atoms with Gasteiger partial charge in [-0.05, 0) is 24.6 Å². The van der Waals surface area contributed by atoms with Crippen molar-refractivity contribution in [2.24, 2.45) is 0 Å². The zero-order valence-electron chi connectivity index (χ0n) is 12.8. The average molecular weight is 329 g/mol. The number of methoxy groups -OCH3 is 1. The molecule has 1 aromatic carbocycles. The second-order valence-electron chi connectivity index (χ2n) is 4.99. The number of ether oxygens (including phenoxy) is 2. The number of benzene rings is 1. The van der Waals surface area contributed by atoms with E-state index in [1.165, 1.54) is 7.11 Å². The van der Waals surface area contributed by atoms with Crippen molar-refractivity contribution in [3.63, 3.8) is 0 Å². The molecule has 0 radical (unpaired) electrons. The minimum absolute atomic E-state index is 0.359. The summed E-state index contributed by atoms with van der Waals surface area (Å²) in [6, 6.07) is 2.59. The number of hydrogen-bond donors (Lipinski definition) is 2. The molecule has 22 heavy (non-hydrogen) atoms. The van der Waals surface area contributed by atoms with Crippen LogP contribution in [-0.2, 0) is 4.79 Å². The lowest BCUT2D eigenvalue weighted by molar-refractivity contribution is -0.143. The molecule has 0 aliphatic carbocycles. The Morgan fingerprint density at radius 3 is 2.68 bits per heavy atom. The van der Waals surface area contributed by atoms with Gasteiger partial charge in [-0.25, -0.2) is 0 Å². The third-order valence-electron chi connectivity index (χ3n) is 3.61. The fourth-order valence-corrected chi connectivity index (χ4v) is 2.91. The van der Waals surface area contributed by atoms with E-state index in [0.717, 1.165) is 13.1 Å². The number of aliphatic carboxylic acids is 1. The number of hydrogen-bond acceptors (Lipinski definition) is 5. The quantitative estimate of drug-likeness (QED) is 0.829. The molecule has 0 saturated carbocycles. The fraction of sp³-hybridized carbons (Fsp3) is 0.533. The van der Waals surface area contributed by atoms with Crippen LogP contribution in [0.2, 0.25) is 5.02 Å². The summed E-state index contributed by atoms with van der Waals surface area (Å²) in [4.78, 5) is 13.7. The van der Waals surface area contributed by atoms with Gasteiger partial charge in [0.15, 0.2) is 11.5 Å². The first-order valence-electron chi connectivity index (χ1n) is 7.26. The highest BCUT2D eigenvalue weighted by Crippen LogP contribution is 2.39. The van der Waals surface area contributed by atoms with Crippen molar-refractivity contribution in [3.8, 4) is 11.5 Å². The Kier molecular flexibility index (Phi) is 5.88. The molecular formula is C15H21ClN2O4. The minimum Gasteiger partial charge on any atom is -0.493 e. The zero-order valence-corrected chi connectivity index (χ0v) is 13.5. The van der Waals surface area contributed by atoms with Crippen molar-refractivity contribution in [1.29, 1.82) is 0 Å². The van der Waals surface area contributed by atoms with Crippen molar-refractivity contribution >= 4 is 17.6 Å². The first kappa shape index (κ1) is 16.9. The van der Waals surface area contributed by atoms with Crippen LogP contribution in [0.3, 0.4) is 0 Å². The first-order valence-corrected chi connectivity index (χ1v) is 7.64. The molecule has 6 nitrogen and oxygen atoms in total. The van der Waals surface area contributed by atoms with Crippen LogP contribution in [0.4, 0.5) is 0 Å². The molecule has 0 spiro atoms. The molecule has 1 heterocycles. The maximum atomic E-state index is 11.7. The Morgan fingerprint density at radius 1 is 1.45 bits per heavy atom. The largest absolute Gasteiger partial charge is 0.493 e. The minimum atomic E-state index is -0.899. The summed E-state index contributed by atoms with van der Waals surface area (Å²) >= 11 is 6.25. The topological polar surface area (TPSA) is 71.0 Å². The summed E-state index contributed by atoms with van der Waals surface area (Å²) in [5, 5.41) is 13.2. The van der Waals surface area contributed by atoms with Crippen LogP contribution >= 0.6 is 11.6 Å². The number of carbonyl (C=O) groups is 1. The number of carboxylic acid groups (broad SMARTS) is 1. The van der Waals surface area contributed by atoms with Crippen LogP contribution < -0.4 is 14.8 Å². The molecule has 1 saturated heterocycles. The highest BCUT2D eigenvalue weighted by molar-refractivity contribution is 6.32. The Hall–Kier alpha value is -1.50. The molecule has 1 aromatic rings. The van der Waals surface area contributed by atoms with Gasteiger partial charge < -0.3 is 19.9 Å². The molecule has 7 heteroatoms. The van der Waals surface area contributed by atoms with Crippen molar-refractivity contribution in [1.82, 2.24) is 10.2 Å². The molecular weight excluding hydrogens is 308 g/mol. The summed E-state index contributed by atoms with van der Waals surface area (Å²) in [5.74, 6) is -0.00483. The second kappa shape index (κ2) is 7.67. The lowest BCUT2D eigenvalue weighted by atomic mass is 10.0. The Morgan fingerprint density at radius 2 is 2.14 bits per heavy atom. The standard InChI is InChI=1S/C15H21ClN2O4/c1-3-22-14-11(16)8-10(9-12(14)21-2)13(15(19)20)18-6-4-17-5-7-18/h8-9,13,17H,3-7H2,1-2H3,(H,19,20). The monoisotopic (exact) mass is 328 g/mol. The van der Waals surface area contributed by atoms with E-state index in [4.69, 9.17) is 21.1 Å². The van der Waals surface area contributed by atoms with E-state index in [2.05, 4.69) is 5.32 Å². The van der Waals surface area contributed by atoms with Crippen molar-refractivity contribution < 1.29 is 19.4 Å². The van der Waals surface area contributed by atoms with Crippen LogP contribution in [0.1, 0.15) is 18.5 Å². The normalized spacial score (nSPS) is 17.0. The van der Waals surface area contributed by atoms with Gasteiger partial charge in [0.25, 0.3) is 0 Å². The molecule has 2 N–H and O–H groups in total. The maximum absolute atomic E-state index is 11.7.